The average molecular weight is 394 g/mol. The van der Waals surface area contributed by atoms with Crippen molar-refractivity contribution in [2.45, 2.75) is 4.90 Å². The maximum Gasteiger partial charge on any atom is 0.261 e. The molecule has 0 saturated heterocycles. The Hall–Kier alpha value is -2.12. The zero-order chi connectivity index (χ0) is 16.9. The summed E-state index contributed by atoms with van der Waals surface area (Å²) < 4.78 is 28.0. The molecule has 0 aromatic heterocycles. The second kappa shape index (κ2) is 7.43. The van der Waals surface area contributed by atoms with Crippen LogP contribution in [0.15, 0.2) is 75.5 Å². The minimum atomic E-state index is -3.79. The number of hydrogen-bond acceptors (Lipinski definition) is 4. The van der Waals surface area contributed by atoms with Gasteiger partial charge in [0.2, 0.25) is 0 Å². The molecule has 1 N–H and O–H groups in total. The van der Waals surface area contributed by atoms with Gasteiger partial charge in [0.25, 0.3) is 10.0 Å². The highest BCUT2D eigenvalue weighted by atomic mass is 79.9. The first-order valence-corrected chi connectivity index (χ1v) is 8.92. The van der Waals surface area contributed by atoms with Gasteiger partial charge in [0, 0.05) is 10.0 Å². The number of rotatable bonds is 6. The van der Waals surface area contributed by atoms with Crippen LogP contribution in [0.2, 0.25) is 0 Å². The van der Waals surface area contributed by atoms with E-state index in [-0.39, 0.29) is 22.7 Å². The van der Waals surface area contributed by atoms with Crippen LogP contribution < -0.4 is 9.83 Å². The van der Waals surface area contributed by atoms with E-state index >= 15 is 0 Å². The largest absolute Gasteiger partial charge is 0.858 e. The van der Waals surface area contributed by atoms with E-state index in [1.807, 2.05) is 0 Å². The lowest BCUT2D eigenvalue weighted by Gasteiger charge is -2.17. The molecule has 0 spiro atoms. The van der Waals surface area contributed by atoms with E-state index in [0.717, 1.165) is 4.47 Å². The molecule has 120 valence electrons. The third-order valence-electron chi connectivity index (χ3n) is 2.89. The van der Waals surface area contributed by atoms with Gasteiger partial charge in [0.05, 0.1) is 17.1 Å². The number of benzene rings is 2. The number of para-hydroxylation sites is 1. The van der Waals surface area contributed by atoms with E-state index in [2.05, 4.69) is 32.2 Å². The molecule has 0 heterocycles. The summed E-state index contributed by atoms with van der Waals surface area (Å²) in [6, 6.07) is 12.5. The van der Waals surface area contributed by atoms with Crippen LogP contribution in [0.4, 0.5) is 5.69 Å². The first kappa shape index (κ1) is 17.2. The van der Waals surface area contributed by atoms with Crippen molar-refractivity contribution in [1.29, 1.82) is 0 Å². The van der Waals surface area contributed by atoms with Crippen LogP contribution in [0.25, 0.3) is 0 Å². The van der Waals surface area contributed by atoms with Crippen molar-refractivity contribution in [3.63, 3.8) is 0 Å². The molecule has 0 bridgehead atoms. The highest BCUT2D eigenvalue weighted by molar-refractivity contribution is 9.10. The minimum Gasteiger partial charge on any atom is -0.858 e. The first-order chi connectivity index (χ1) is 10.9. The third kappa shape index (κ3) is 4.43. The van der Waals surface area contributed by atoms with Gasteiger partial charge in [0.15, 0.2) is 0 Å². The fraction of sp³-hybridized carbons (Fsp3) is 0.0625. The highest BCUT2D eigenvalue weighted by Crippen LogP contribution is 2.21. The van der Waals surface area contributed by atoms with Gasteiger partial charge in [-0.05, 0) is 36.2 Å². The number of hydrogen-bond donors (Lipinski definition) is 1. The molecule has 0 atom stereocenters. The molecule has 5 nitrogen and oxygen atoms in total. The second-order valence-electron chi connectivity index (χ2n) is 4.54. The normalized spacial score (nSPS) is 12.0. The van der Waals surface area contributed by atoms with E-state index in [4.69, 9.17) is 0 Å². The summed E-state index contributed by atoms with van der Waals surface area (Å²) in [6.45, 7) is 3.67. The van der Waals surface area contributed by atoms with Crippen molar-refractivity contribution >= 4 is 37.5 Å². The Bertz CT molecular complexity index is 831. The minimum absolute atomic E-state index is 0.103. The third-order valence-corrected chi connectivity index (χ3v) is 4.80. The Morgan fingerprint density at radius 2 is 1.87 bits per heavy atom. The predicted molar refractivity (Wildman–Crippen MR) is 93.0 cm³/mol. The van der Waals surface area contributed by atoms with Crippen molar-refractivity contribution in [2.75, 3.05) is 11.3 Å². The fourth-order valence-corrected chi connectivity index (χ4v) is 3.15. The monoisotopic (exact) mass is 393 g/mol. The van der Waals surface area contributed by atoms with Gasteiger partial charge in [-0.25, -0.2) is 8.42 Å². The summed E-state index contributed by atoms with van der Waals surface area (Å²) in [4.78, 5) is 3.89. The van der Waals surface area contributed by atoms with Crippen molar-refractivity contribution in [3.8, 4) is 0 Å². The number of sulfonamides is 1. The lowest BCUT2D eigenvalue weighted by atomic mass is 10.2. The molecule has 2 aromatic carbocycles. The fourth-order valence-electron chi connectivity index (χ4n) is 1.81. The maximum absolute atomic E-state index is 12.4. The molecule has 0 aliphatic carbocycles. The van der Waals surface area contributed by atoms with E-state index in [1.165, 1.54) is 30.3 Å². The molecule has 0 saturated carbocycles. The summed E-state index contributed by atoms with van der Waals surface area (Å²) in [5.41, 5.74) is 0.378. The molecule has 0 radical (unpaired) electrons. The average Bonchev–Trinajstić information content (AvgIpc) is 2.53. The van der Waals surface area contributed by atoms with Gasteiger partial charge < -0.3 is 5.11 Å². The van der Waals surface area contributed by atoms with Gasteiger partial charge in [-0.3, -0.25) is 9.71 Å². The first-order valence-electron chi connectivity index (χ1n) is 6.64. The lowest BCUT2D eigenvalue weighted by Crippen LogP contribution is -2.22. The molecule has 2 rings (SSSR count). The number of halogens is 1. The van der Waals surface area contributed by atoms with E-state index in [9.17, 15) is 13.5 Å². The Labute approximate surface area is 143 Å². The summed E-state index contributed by atoms with van der Waals surface area (Å²) in [7, 11) is -3.79. The molecule has 23 heavy (non-hydrogen) atoms. The zero-order valence-corrected chi connectivity index (χ0v) is 14.5. The summed E-state index contributed by atoms with van der Waals surface area (Å²) in [5, 5.41) is 12.0. The number of aliphatic imine (C=N–C) groups is 1. The topological polar surface area (TPSA) is 81.6 Å². The van der Waals surface area contributed by atoms with Crippen molar-refractivity contribution in [3.05, 3.63) is 71.2 Å². The highest BCUT2D eigenvalue weighted by Gasteiger charge is 2.15. The Balaban J connectivity index is 2.36. The van der Waals surface area contributed by atoms with Crippen LogP contribution in [-0.2, 0) is 10.0 Å². The smallest absolute Gasteiger partial charge is 0.261 e. The van der Waals surface area contributed by atoms with Gasteiger partial charge in [-0.2, -0.15) is 0 Å². The Morgan fingerprint density at radius 1 is 1.22 bits per heavy atom. The van der Waals surface area contributed by atoms with Crippen LogP contribution >= 0.6 is 15.9 Å². The molecule has 0 unspecified atom stereocenters. The van der Waals surface area contributed by atoms with E-state index < -0.39 is 15.9 Å². The van der Waals surface area contributed by atoms with Crippen LogP contribution in [0.3, 0.4) is 0 Å². The molecular formula is C16H14BrN2O3S-. The molecule has 7 heteroatoms. The number of nitrogens with one attached hydrogen (secondary N) is 1. The molecule has 0 aliphatic heterocycles. The molecule has 0 aliphatic rings. The van der Waals surface area contributed by atoms with Crippen molar-refractivity contribution in [1.82, 2.24) is 0 Å². The summed E-state index contributed by atoms with van der Waals surface area (Å²) >= 11 is 3.25. The molecule has 0 fully saturated rings. The quantitative estimate of drug-likeness (QED) is 0.465. The number of anilines is 1. The SMILES string of the molecule is C=CCN=C([O-])c1ccccc1NS(=O)(=O)c1ccc(Br)cc1. The molecular weight excluding hydrogens is 380 g/mol. The van der Waals surface area contributed by atoms with Gasteiger partial charge in [0.1, 0.15) is 0 Å². The van der Waals surface area contributed by atoms with Gasteiger partial charge >= 0.3 is 0 Å². The van der Waals surface area contributed by atoms with Crippen molar-refractivity contribution in [2.24, 2.45) is 4.99 Å². The van der Waals surface area contributed by atoms with Crippen molar-refractivity contribution < 1.29 is 13.5 Å². The van der Waals surface area contributed by atoms with E-state index in [0.29, 0.717) is 0 Å². The van der Waals surface area contributed by atoms with Crippen LogP contribution in [0.5, 0.6) is 0 Å². The van der Waals surface area contributed by atoms with Gasteiger partial charge in [-0.15, -0.1) is 6.58 Å². The summed E-state index contributed by atoms with van der Waals surface area (Å²) in [5.74, 6) is -0.501. The van der Waals surface area contributed by atoms with Gasteiger partial charge in [-0.1, -0.05) is 40.2 Å². The zero-order valence-electron chi connectivity index (χ0n) is 12.1. The van der Waals surface area contributed by atoms with Crippen LogP contribution in [-0.4, -0.2) is 20.9 Å². The standard InChI is InChI=1S/C16H15BrN2O3S/c1-2-11-18-16(20)14-5-3-4-6-15(14)19-23(21,22)13-9-7-12(17)8-10-13/h2-10,19H,1,11H2,(H,18,20)/p-1. The summed E-state index contributed by atoms with van der Waals surface area (Å²) in [6.07, 6.45) is 1.49. The Morgan fingerprint density at radius 3 is 2.52 bits per heavy atom. The molecule has 0 amide bonds. The second-order valence-corrected chi connectivity index (χ2v) is 7.14. The van der Waals surface area contributed by atoms with E-state index in [1.54, 1.807) is 24.3 Å². The van der Waals surface area contributed by atoms with Crippen LogP contribution in [0, 0.1) is 0 Å². The lowest BCUT2D eigenvalue weighted by molar-refractivity contribution is -0.213. The maximum atomic E-state index is 12.4. The Kier molecular flexibility index (Phi) is 5.57. The van der Waals surface area contributed by atoms with Crippen LogP contribution in [0.1, 0.15) is 5.56 Å². The predicted octanol–water partition coefficient (Wildman–Crippen LogP) is 2.54. The molecule has 2 aromatic rings. The number of nitrogens with zero attached hydrogens (tertiary/aromatic N) is 1.